The van der Waals surface area contributed by atoms with Crippen molar-refractivity contribution in [2.45, 2.75) is 112 Å². The zero-order valence-electron chi connectivity index (χ0n) is 39.5. The SMILES string of the molecule is CNC(=O)[C@@H](CC(=O)c1nc(-c2ccc(Cl)cc2F)n2c1CN(C1CCNCC1)CCC2)C(C)(C)C.CNC(=O)[C@@H](CC(=O)c1nc(-c2ccc(Cl)cc2F)n2c1CNCCC2)C(C)(C)C. The Labute approximate surface area is 397 Å². The number of halogens is 4. The maximum Gasteiger partial charge on any atom is 0.223 e. The summed E-state index contributed by atoms with van der Waals surface area (Å²) in [7, 11) is 3.16. The lowest BCUT2D eigenvalue weighted by Gasteiger charge is -2.33. The molecule has 13 nitrogen and oxygen atoms in total. The van der Waals surface area contributed by atoms with Crippen molar-refractivity contribution in [2.75, 3.05) is 40.3 Å². The predicted molar refractivity (Wildman–Crippen MR) is 254 cm³/mol. The molecule has 0 unspecified atom stereocenters. The van der Waals surface area contributed by atoms with Gasteiger partial charge in [-0.2, -0.15) is 0 Å². The Balaban J connectivity index is 0.000000222. The molecule has 2 amide bonds. The minimum Gasteiger partial charge on any atom is -0.359 e. The molecule has 0 aliphatic carbocycles. The van der Waals surface area contributed by atoms with Crippen LogP contribution >= 0.6 is 23.2 Å². The van der Waals surface area contributed by atoms with Gasteiger partial charge in [-0.25, -0.2) is 18.7 Å². The van der Waals surface area contributed by atoms with Crippen LogP contribution in [0.4, 0.5) is 8.78 Å². The van der Waals surface area contributed by atoms with E-state index in [1.165, 1.54) is 12.1 Å². The summed E-state index contributed by atoms with van der Waals surface area (Å²) in [5, 5.41) is 12.7. The van der Waals surface area contributed by atoms with Gasteiger partial charge < -0.3 is 30.4 Å². The van der Waals surface area contributed by atoms with Crippen molar-refractivity contribution in [3.8, 4) is 22.8 Å². The van der Waals surface area contributed by atoms with E-state index in [2.05, 4.69) is 31.2 Å². The van der Waals surface area contributed by atoms with Gasteiger partial charge in [-0.1, -0.05) is 64.7 Å². The standard InChI is InChI=1S/C27H37ClFN5O2.C22H28ClFN4O2/c1-27(2,3)20(26(36)30-4)15-23(35)24-22-16-33(18-8-10-31-11-9-18)12-5-13-34(22)25(32-24)19-7-6-17(28)14-21(19)29;1-22(2,3)15(21(30)25-4)11-18(29)19-17-12-26-8-5-9-28(17)20(27-19)14-7-6-13(23)10-16(14)24/h6-7,14,18,20,31H,5,8-13,15-16H2,1-4H3,(H,30,36);6-7,10,15,26H,5,8-9,11-12H2,1-4H3,(H,25,30)/t20-;15-/m11/s1. The Bertz CT molecular complexity index is 2420. The van der Waals surface area contributed by atoms with Gasteiger partial charge in [0.05, 0.1) is 34.4 Å². The summed E-state index contributed by atoms with van der Waals surface area (Å²) in [5.41, 5.74) is 2.02. The first-order valence-electron chi connectivity index (χ1n) is 23.0. The third-order valence-electron chi connectivity index (χ3n) is 13.0. The van der Waals surface area contributed by atoms with Crippen LogP contribution < -0.4 is 21.3 Å². The molecule has 1 fully saturated rings. The normalized spacial score (nSPS) is 17.0. The zero-order valence-corrected chi connectivity index (χ0v) is 41.0. The second-order valence-electron chi connectivity index (χ2n) is 19.7. The first-order chi connectivity index (χ1) is 31.2. The maximum atomic E-state index is 15.0. The number of ketones is 2. The number of hydrogen-bond donors (Lipinski definition) is 4. The van der Waals surface area contributed by atoms with E-state index in [9.17, 15) is 23.6 Å². The lowest BCUT2D eigenvalue weighted by Crippen LogP contribution is -2.43. The van der Waals surface area contributed by atoms with Crippen LogP contribution in [0.15, 0.2) is 36.4 Å². The van der Waals surface area contributed by atoms with E-state index >= 15 is 4.39 Å². The molecule has 5 heterocycles. The van der Waals surface area contributed by atoms with Crippen molar-refractivity contribution >= 4 is 46.6 Å². The molecule has 4 N–H and O–H groups in total. The number of carbonyl (C=O) groups excluding carboxylic acids is 4. The Kier molecular flexibility index (Phi) is 16.7. The Morgan fingerprint density at radius 1 is 0.697 bits per heavy atom. The summed E-state index contributed by atoms with van der Waals surface area (Å²) in [4.78, 5) is 63.9. The number of fused-ring (bicyclic) bond motifs is 2. The van der Waals surface area contributed by atoms with Crippen LogP contribution in [0.1, 0.15) is 112 Å². The highest BCUT2D eigenvalue weighted by molar-refractivity contribution is 6.31. The number of piperidine rings is 1. The average Bonchev–Trinajstić information content (AvgIpc) is 3.57. The Morgan fingerprint density at radius 3 is 1.64 bits per heavy atom. The van der Waals surface area contributed by atoms with Gasteiger partial charge in [0, 0.05) is 75.7 Å². The summed E-state index contributed by atoms with van der Waals surface area (Å²) in [6, 6.07) is 9.42. The minimum absolute atomic E-state index is 0.0374. The number of aromatic nitrogens is 4. The maximum absolute atomic E-state index is 15.0. The monoisotopic (exact) mass is 951 g/mol. The molecule has 2 atom stereocenters. The van der Waals surface area contributed by atoms with E-state index < -0.39 is 34.3 Å². The van der Waals surface area contributed by atoms with E-state index in [0.717, 1.165) is 63.3 Å². The second kappa shape index (κ2) is 21.6. The zero-order chi connectivity index (χ0) is 48.1. The number of carbonyl (C=O) groups is 4. The summed E-state index contributed by atoms with van der Waals surface area (Å²) in [6.07, 6.45) is 3.91. The summed E-state index contributed by atoms with van der Waals surface area (Å²) in [5.74, 6) is -1.83. The molecule has 0 saturated carbocycles. The van der Waals surface area contributed by atoms with E-state index in [1.54, 1.807) is 38.4 Å². The molecule has 2 aromatic carbocycles. The number of rotatable bonds is 11. The van der Waals surface area contributed by atoms with Crippen LogP contribution in [0.2, 0.25) is 10.0 Å². The number of amides is 2. The lowest BCUT2D eigenvalue weighted by atomic mass is 9.77. The van der Waals surface area contributed by atoms with Crippen molar-refractivity contribution < 1.29 is 28.0 Å². The van der Waals surface area contributed by atoms with Crippen LogP contribution in [0.25, 0.3) is 22.8 Å². The first-order valence-corrected chi connectivity index (χ1v) is 23.7. The fraction of sp³-hybridized carbons (Fsp3) is 0.551. The van der Waals surface area contributed by atoms with Crippen molar-refractivity contribution in [1.29, 1.82) is 0 Å². The predicted octanol–water partition coefficient (Wildman–Crippen LogP) is 8.10. The lowest BCUT2D eigenvalue weighted by molar-refractivity contribution is -0.128. The highest BCUT2D eigenvalue weighted by Crippen LogP contribution is 2.36. The fourth-order valence-corrected chi connectivity index (χ4v) is 9.56. The third kappa shape index (κ3) is 11.8. The van der Waals surface area contributed by atoms with E-state index in [4.69, 9.17) is 28.2 Å². The summed E-state index contributed by atoms with van der Waals surface area (Å²) < 4.78 is 33.6. The second-order valence-corrected chi connectivity index (χ2v) is 20.5. The molecule has 0 spiro atoms. The molecule has 0 bridgehead atoms. The van der Waals surface area contributed by atoms with Crippen molar-refractivity contribution in [2.24, 2.45) is 22.7 Å². The largest absolute Gasteiger partial charge is 0.359 e. The number of benzene rings is 2. The molecule has 3 aliphatic rings. The summed E-state index contributed by atoms with van der Waals surface area (Å²) >= 11 is 11.9. The smallest absolute Gasteiger partial charge is 0.223 e. The molecule has 3 aliphatic heterocycles. The summed E-state index contributed by atoms with van der Waals surface area (Å²) in [6.45, 7) is 17.6. The highest BCUT2D eigenvalue weighted by atomic mass is 35.5. The van der Waals surface area contributed by atoms with Crippen LogP contribution in [0, 0.1) is 34.3 Å². The molecule has 0 radical (unpaired) electrons. The van der Waals surface area contributed by atoms with Crippen LogP contribution in [-0.2, 0) is 35.8 Å². The molecular weight excluding hydrogens is 887 g/mol. The number of hydrogen-bond acceptors (Lipinski definition) is 9. The number of Topliss-reactive ketones (excluding diaryl/α,β-unsaturated/α-hetero) is 2. The fourth-order valence-electron chi connectivity index (χ4n) is 9.25. The highest BCUT2D eigenvalue weighted by Gasteiger charge is 2.38. The Hall–Kier alpha value is -4.54. The molecule has 66 heavy (non-hydrogen) atoms. The molecule has 17 heteroatoms. The quantitative estimate of drug-likeness (QED) is 0.109. The first kappa shape index (κ1) is 50.9. The minimum atomic E-state index is -0.505. The molecule has 1 saturated heterocycles. The topological polar surface area (TPSA) is 155 Å². The number of imidazole rings is 2. The molecular formula is C49H65Cl2F2N9O4. The van der Waals surface area contributed by atoms with Crippen LogP contribution in [0.3, 0.4) is 0 Å². The number of nitrogens with zero attached hydrogens (tertiary/aromatic N) is 5. The van der Waals surface area contributed by atoms with Gasteiger partial charge in [0.1, 0.15) is 34.7 Å². The Morgan fingerprint density at radius 2 is 1.17 bits per heavy atom. The molecule has 2 aromatic heterocycles. The van der Waals surface area contributed by atoms with Gasteiger partial charge in [-0.3, -0.25) is 24.1 Å². The van der Waals surface area contributed by atoms with Gasteiger partial charge in [-0.15, -0.1) is 0 Å². The van der Waals surface area contributed by atoms with Gasteiger partial charge in [-0.05, 0) is 92.5 Å². The molecule has 4 aromatic rings. The van der Waals surface area contributed by atoms with Gasteiger partial charge in [0.2, 0.25) is 11.8 Å². The number of nitrogens with one attached hydrogen (secondary N) is 4. The van der Waals surface area contributed by atoms with Crippen molar-refractivity contribution in [1.82, 2.24) is 45.3 Å². The van der Waals surface area contributed by atoms with Gasteiger partial charge >= 0.3 is 0 Å². The van der Waals surface area contributed by atoms with E-state index in [-0.39, 0.29) is 36.2 Å². The average molecular weight is 953 g/mol. The third-order valence-corrected chi connectivity index (χ3v) is 13.5. The van der Waals surface area contributed by atoms with Crippen molar-refractivity contribution in [3.63, 3.8) is 0 Å². The van der Waals surface area contributed by atoms with E-state index in [0.29, 0.717) is 76.4 Å². The van der Waals surface area contributed by atoms with Crippen molar-refractivity contribution in [3.05, 3.63) is 80.9 Å². The van der Waals surface area contributed by atoms with Gasteiger partial charge in [0.25, 0.3) is 0 Å². The van der Waals surface area contributed by atoms with Crippen LogP contribution in [0.5, 0.6) is 0 Å². The van der Waals surface area contributed by atoms with E-state index in [1.807, 2.05) is 50.7 Å². The van der Waals surface area contributed by atoms with Gasteiger partial charge in [0.15, 0.2) is 11.6 Å². The van der Waals surface area contributed by atoms with Crippen LogP contribution in [-0.4, -0.2) is 93.7 Å². The molecule has 358 valence electrons. The molecule has 7 rings (SSSR count).